The molecular formula is C19H23ClN6O8S. The molecule has 3 aromatic rings. The molecule has 0 saturated heterocycles. The summed E-state index contributed by atoms with van der Waals surface area (Å²) in [6, 6.07) is 0. The highest BCUT2D eigenvalue weighted by molar-refractivity contribution is 7.11. The molecule has 2 unspecified atom stereocenters. The second kappa shape index (κ2) is 10.8. The zero-order valence-electron chi connectivity index (χ0n) is 18.5. The van der Waals surface area contributed by atoms with Crippen LogP contribution in [-0.4, -0.2) is 82.3 Å². The van der Waals surface area contributed by atoms with Gasteiger partial charge in [-0.1, -0.05) is 6.92 Å². The second-order valence-electron chi connectivity index (χ2n) is 7.50. The fourth-order valence-corrected chi connectivity index (χ4v) is 3.99. The van der Waals surface area contributed by atoms with Crippen molar-refractivity contribution >= 4 is 51.9 Å². The van der Waals surface area contributed by atoms with Crippen molar-refractivity contribution in [2.24, 2.45) is 0 Å². The number of carboxylic acid groups (broad SMARTS) is 2. The summed E-state index contributed by atoms with van der Waals surface area (Å²) in [6.45, 7) is 1.85. The first kappa shape index (κ1) is 26.7. The predicted octanol–water partition coefficient (Wildman–Crippen LogP) is 0.880. The molecule has 6 N–H and O–H groups in total. The minimum Gasteiger partial charge on any atom is -0.479 e. The molecular weight excluding hydrogens is 508 g/mol. The highest BCUT2D eigenvalue weighted by Gasteiger charge is 2.40. The lowest BCUT2D eigenvalue weighted by Gasteiger charge is -2.30. The van der Waals surface area contributed by atoms with Crippen molar-refractivity contribution in [1.29, 1.82) is 0 Å². The highest BCUT2D eigenvalue weighted by atomic mass is 35.5. The first-order valence-corrected chi connectivity index (χ1v) is 11.4. The number of aromatic carboxylic acids is 1. The van der Waals surface area contributed by atoms with E-state index in [4.69, 9.17) is 31.9 Å². The first-order valence-electron chi connectivity index (χ1n) is 10.2. The summed E-state index contributed by atoms with van der Waals surface area (Å²) < 4.78 is 12.8. The molecule has 16 heteroatoms. The molecule has 0 saturated carbocycles. The molecule has 0 fully saturated rings. The molecule has 4 atom stereocenters. The number of hydrogen-bond acceptors (Lipinski definition) is 12. The Labute approximate surface area is 206 Å². The molecule has 0 aliphatic heterocycles. The van der Waals surface area contributed by atoms with Gasteiger partial charge < -0.3 is 35.6 Å². The second-order valence-corrected chi connectivity index (χ2v) is 8.70. The topological polar surface area (TPSA) is 216 Å². The van der Waals surface area contributed by atoms with E-state index in [0.717, 1.165) is 11.3 Å². The number of halogens is 1. The third-order valence-corrected chi connectivity index (χ3v) is 6.12. The monoisotopic (exact) mass is 530 g/mol. The van der Waals surface area contributed by atoms with Gasteiger partial charge in [-0.25, -0.2) is 19.6 Å². The Morgan fingerprint density at radius 1 is 1.31 bits per heavy atom. The average Bonchev–Trinajstić information content (AvgIpc) is 3.47. The maximum absolute atomic E-state index is 12.0. The number of nitrogens with zero attached hydrogens (tertiary/aromatic N) is 5. The molecule has 190 valence electrons. The van der Waals surface area contributed by atoms with Crippen molar-refractivity contribution in [3.8, 4) is 0 Å². The number of aliphatic hydroxyl groups is 2. The van der Waals surface area contributed by atoms with Gasteiger partial charge in [0.05, 0.1) is 31.3 Å². The SMILES string of the molecule is CCC(O)[C@@H](O[C@@H](CO)COC(C)(C(=O)O)c1csc(C(=O)O)n1)n1cnc2c(N)nc(Cl)nc21. The van der Waals surface area contributed by atoms with Gasteiger partial charge in [0.1, 0.15) is 11.6 Å². The van der Waals surface area contributed by atoms with Crippen molar-refractivity contribution in [2.75, 3.05) is 18.9 Å². The van der Waals surface area contributed by atoms with Crippen LogP contribution in [0.3, 0.4) is 0 Å². The molecule has 0 bridgehead atoms. The standard InChI is InChI=1S/C19H23ClN6O8S/c1-3-9(28)15(26-7-22-11-12(21)24-18(20)25-13(11)26)34-8(4-27)5-33-19(2,17(31)32)10-6-35-14(23-10)16(29)30/h6-9,15,27-28H,3-5H2,1-2H3,(H,29,30)(H,31,32)(H2,21,24,25)/t8-,9?,15+,19?/m0/s1. The van der Waals surface area contributed by atoms with Crippen LogP contribution in [0.15, 0.2) is 11.7 Å². The van der Waals surface area contributed by atoms with E-state index in [9.17, 15) is 24.9 Å². The van der Waals surface area contributed by atoms with Crippen LogP contribution in [0.5, 0.6) is 0 Å². The van der Waals surface area contributed by atoms with Crippen molar-refractivity contribution in [1.82, 2.24) is 24.5 Å². The van der Waals surface area contributed by atoms with E-state index in [-0.39, 0.29) is 39.4 Å². The number of nitrogens with two attached hydrogens (primary N) is 1. The smallest absolute Gasteiger partial charge is 0.365 e. The van der Waals surface area contributed by atoms with E-state index < -0.39 is 49.2 Å². The van der Waals surface area contributed by atoms with Crippen LogP contribution in [0.4, 0.5) is 5.82 Å². The number of nitrogen functional groups attached to an aromatic ring is 1. The van der Waals surface area contributed by atoms with Crippen LogP contribution < -0.4 is 5.73 Å². The van der Waals surface area contributed by atoms with Gasteiger partial charge in [-0.3, -0.25) is 4.57 Å². The van der Waals surface area contributed by atoms with E-state index in [0.29, 0.717) is 0 Å². The number of anilines is 1. The molecule has 0 amide bonds. The molecule has 0 aromatic carbocycles. The summed E-state index contributed by atoms with van der Waals surface area (Å²) in [5, 5.41) is 40.2. The van der Waals surface area contributed by atoms with Gasteiger partial charge in [-0.2, -0.15) is 9.97 Å². The number of aliphatic carboxylic acids is 1. The number of carbonyl (C=O) groups is 2. The molecule has 0 aliphatic rings. The van der Waals surface area contributed by atoms with Crippen LogP contribution in [-0.2, 0) is 19.9 Å². The van der Waals surface area contributed by atoms with Gasteiger partial charge in [0, 0.05) is 5.38 Å². The van der Waals surface area contributed by atoms with Crippen molar-refractivity contribution < 1.29 is 39.5 Å². The van der Waals surface area contributed by atoms with Crippen LogP contribution >= 0.6 is 22.9 Å². The van der Waals surface area contributed by atoms with E-state index in [1.54, 1.807) is 6.92 Å². The van der Waals surface area contributed by atoms with Gasteiger partial charge in [0.2, 0.25) is 15.9 Å². The Morgan fingerprint density at radius 3 is 2.60 bits per heavy atom. The molecule has 0 radical (unpaired) electrons. The van der Waals surface area contributed by atoms with E-state index in [1.165, 1.54) is 23.2 Å². The normalized spacial score (nSPS) is 16.0. The molecule has 0 aliphatic carbocycles. The summed E-state index contributed by atoms with van der Waals surface area (Å²) >= 11 is 6.66. The number of aromatic nitrogens is 5. The minimum atomic E-state index is -2.03. The maximum Gasteiger partial charge on any atom is 0.365 e. The fraction of sp³-hybridized carbons (Fsp3) is 0.474. The molecule has 0 spiro atoms. The third-order valence-electron chi connectivity index (χ3n) is 5.12. The Bertz CT molecular complexity index is 1220. The number of aliphatic hydroxyl groups excluding tert-OH is 2. The summed E-state index contributed by atoms with van der Waals surface area (Å²) in [4.78, 5) is 39.0. The largest absolute Gasteiger partial charge is 0.479 e. The molecule has 3 aromatic heterocycles. The summed E-state index contributed by atoms with van der Waals surface area (Å²) in [6.07, 6.45) is -1.80. The lowest BCUT2D eigenvalue weighted by molar-refractivity contribution is -0.185. The molecule has 35 heavy (non-hydrogen) atoms. The lowest BCUT2D eigenvalue weighted by Crippen LogP contribution is -2.41. The van der Waals surface area contributed by atoms with Crippen LogP contribution in [0.25, 0.3) is 11.2 Å². The number of fused-ring (bicyclic) bond motifs is 1. The zero-order valence-corrected chi connectivity index (χ0v) is 20.1. The summed E-state index contributed by atoms with van der Waals surface area (Å²) in [7, 11) is 0. The van der Waals surface area contributed by atoms with Gasteiger partial charge in [-0.05, 0) is 24.9 Å². The zero-order chi connectivity index (χ0) is 25.9. The number of rotatable bonds is 12. The van der Waals surface area contributed by atoms with Crippen LogP contribution in [0.1, 0.15) is 42.0 Å². The quantitative estimate of drug-likeness (QED) is 0.206. The van der Waals surface area contributed by atoms with E-state index in [1.807, 2.05) is 0 Å². The van der Waals surface area contributed by atoms with E-state index >= 15 is 0 Å². The lowest BCUT2D eigenvalue weighted by atomic mass is 10.0. The number of hydrogen-bond donors (Lipinski definition) is 5. The number of carboxylic acids is 2. The maximum atomic E-state index is 12.0. The van der Waals surface area contributed by atoms with Crippen LogP contribution in [0.2, 0.25) is 5.28 Å². The number of imidazole rings is 1. The Hall–Kier alpha value is -2.95. The average molecular weight is 531 g/mol. The van der Waals surface area contributed by atoms with Gasteiger partial charge in [-0.15, -0.1) is 11.3 Å². The summed E-state index contributed by atoms with van der Waals surface area (Å²) in [5.74, 6) is -2.71. The van der Waals surface area contributed by atoms with Gasteiger partial charge in [0.15, 0.2) is 17.7 Å². The fourth-order valence-electron chi connectivity index (χ4n) is 3.07. The molecule has 3 rings (SSSR count). The minimum absolute atomic E-state index is 0.0201. The third kappa shape index (κ3) is 5.50. The number of thiazole rings is 1. The van der Waals surface area contributed by atoms with Crippen molar-refractivity contribution in [3.05, 3.63) is 27.7 Å². The highest BCUT2D eigenvalue weighted by Crippen LogP contribution is 2.30. The van der Waals surface area contributed by atoms with Crippen molar-refractivity contribution in [3.63, 3.8) is 0 Å². The number of ether oxygens (including phenoxy) is 2. The molecule has 14 nitrogen and oxygen atoms in total. The van der Waals surface area contributed by atoms with Gasteiger partial charge in [0.25, 0.3) is 0 Å². The Morgan fingerprint density at radius 2 is 2.03 bits per heavy atom. The summed E-state index contributed by atoms with van der Waals surface area (Å²) in [5.41, 5.74) is 4.07. The predicted molar refractivity (Wildman–Crippen MR) is 122 cm³/mol. The van der Waals surface area contributed by atoms with Crippen LogP contribution in [0, 0.1) is 0 Å². The van der Waals surface area contributed by atoms with E-state index in [2.05, 4.69) is 19.9 Å². The van der Waals surface area contributed by atoms with Crippen molar-refractivity contribution in [2.45, 2.75) is 44.3 Å². The Balaban J connectivity index is 1.86. The first-order chi connectivity index (χ1) is 16.5. The molecule has 3 heterocycles. The van der Waals surface area contributed by atoms with Gasteiger partial charge >= 0.3 is 11.9 Å². The Kier molecular flexibility index (Phi) is 8.19.